The number of hydrogen-bond acceptors (Lipinski definition) is 5. The molecule has 162 valence electrons. The number of aryl methyl sites for hydroxylation is 1. The number of fused-ring (bicyclic) bond motifs is 2. The van der Waals surface area contributed by atoms with Crippen molar-refractivity contribution >= 4 is 28.4 Å². The van der Waals surface area contributed by atoms with Gasteiger partial charge in [0.05, 0.1) is 11.8 Å². The number of carbonyl (C=O) groups excluding carboxylic acids is 1. The van der Waals surface area contributed by atoms with Crippen LogP contribution in [0, 0.1) is 0 Å². The van der Waals surface area contributed by atoms with Crippen LogP contribution in [-0.2, 0) is 17.6 Å². The second-order valence-corrected chi connectivity index (χ2v) is 9.03. The summed E-state index contributed by atoms with van der Waals surface area (Å²) in [5.41, 5.74) is 3.71. The Morgan fingerprint density at radius 3 is 2.81 bits per heavy atom. The molecule has 0 saturated heterocycles. The molecule has 1 heterocycles. The lowest BCUT2D eigenvalue weighted by Gasteiger charge is -2.26. The molecule has 1 aromatic heterocycles. The monoisotopic (exact) mass is 443 g/mol. The van der Waals surface area contributed by atoms with Gasteiger partial charge in [-0.1, -0.05) is 78.5 Å². The van der Waals surface area contributed by atoms with Crippen molar-refractivity contribution in [2.24, 2.45) is 0 Å². The smallest absolute Gasteiger partial charge is 0.230 e. The van der Waals surface area contributed by atoms with Gasteiger partial charge < -0.3 is 11.2 Å². The van der Waals surface area contributed by atoms with Crippen LogP contribution in [-0.4, -0.2) is 26.5 Å². The quantitative estimate of drug-likeness (QED) is 0.347. The van der Waals surface area contributed by atoms with Gasteiger partial charge in [0.2, 0.25) is 11.1 Å². The first kappa shape index (κ1) is 20.6. The van der Waals surface area contributed by atoms with Gasteiger partial charge in [-0.2, -0.15) is 0 Å². The average molecular weight is 444 g/mol. The number of benzene rings is 3. The van der Waals surface area contributed by atoms with E-state index in [0.717, 1.165) is 24.8 Å². The number of nitrogens with two attached hydrogens (primary N) is 1. The van der Waals surface area contributed by atoms with Gasteiger partial charge in [0.1, 0.15) is 0 Å². The van der Waals surface area contributed by atoms with Crippen molar-refractivity contribution in [2.75, 3.05) is 11.6 Å². The Balaban J connectivity index is 1.23. The van der Waals surface area contributed by atoms with E-state index < -0.39 is 0 Å². The largest absolute Gasteiger partial charge is 0.349 e. The lowest BCUT2D eigenvalue weighted by atomic mass is 9.88. The Labute approximate surface area is 191 Å². The van der Waals surface area contributed by atoms with Crippen molar-refractivity contribution in [1.82, 2.24) is 20.2 Å². The number of thioether (sulfide) groups is 1. The van der Waals surface area contributed by atoms with Gasteiger partial charge in [-0.3, -0.25) is 4.79 Å². The molecule has 4 aromatic rings. The summed E-state index contributed by atoms with van der Waals surface area (Å²) in [5, 5.41) is 14.6. The van der Waals surface area contributed by atoms with Crippen molar-refractivity contribution in [3.63, 3.8) is 0 Å². The van der Waals surface area contributed by atoms with E-state index in [2.05, 4.69) is 58.0 Å². The summed E-state index contributed by atoms with van der Waals surface area (Å²) in [5.74, 6) is 7.17. The van der Waals surface area contributed by atoms with Crippen LogP contribution in [0.1, 0.15) is 41.4 Å². The molecule has 3 N–H and O–H groups in total. The zero-order valence-electron chi connectivity index (χ0n) is 17.7. The first-order chi connectivity index (χ1) is 15.7. The number of amides is 1. The van der Waals surface area contributed by atoms with Crippen molar-refractivity contribution in [3.8, 4) is 0 Å². The van der Waals surface area contributed by atoms with E-state index >= 15 is 0 Å². The fourth-order valence-electron chi connectivity index (χ4n) is 4.41. The maximum atomic E-state index is 12.6. The molecule has 7 heteroatoms. The van der Waals surface area contributed by atoms with Gasteiger partial charge >= 0.3 is 0 Å². The van der Waals surface area contributed by atoms with Gasteiger partial charge in [0.25, 0.3) is 0 Å². The number of aromatic nitrogens is 3. The summed E-state index contributed by atoms with van der Waals surface area (Å²) < 4.78 is 1.50. The second-order valence-electron chi connectivity index (χ2n) is 8.08. The van der Waals surface area contributed by atoms with Gasteiger partial charge in [-0.25, -0.2) is 4.68 Å². The van der Waals surface area contributed by atoms with Crippen molar-refractivity contribution in [1.29, 1.82) is 0 Å². The van der Waals surface area contributed by atoms with Gasteiger partial charge in [-0.15, -0.1) is 10.2 Å². The summed E-state index contributed by atoms with van der Waals surface area (Å²) in [4.78, 5) is 12.6. The summed E-state index contributed by atoms with van der Waals surface area (Å²) in [6.07, 6.45) is 3.71. The van der Waals surface area contributed by atoms with E-state index in [1.807, 2.05) is 24.3 Å². The fraction of sp³-hybridized carbons (Fsp3) is 0.240. The van der Waals surface area contributed by atoms with Gasteiger partial charge in [0, 0.05) is 6.42 Å². The number of nitrogens with zero attached hydrogens (tertiary/aromatic N) is 3. The first-order valence-electron chi connectivity index (χ1n) is 10.8. The Morgan fingerprint density at radius 2 is 1.88 bits per heavy atom. The highest BCUT2D eigenvalue weighted by molar-refractivity contribution is 7.99. The van der Waals surface area contributed by atoms with Crippen LogP contribution in [0.15, 0.2) is 71.9 Å². The zero-order chi connectivity index (χ0) is 21.9. The van der Waals surface area contributed by atoms with Crippen LogP contribution < -0.4 is 11.2 Å². The molecule has 0 saturated carbocycles. The molecule has 1 unspecified atom stereocenters. The molecule has 1 aliphatic carbocycles. The second kappa shape index (κ2) is 9.04. The number of hydrogen-bond donors (Lipinski definition) is 2. The lowest BCUT2D eigenvalue weighted by molar-refractivity contribution is -0.119. The summed E-state index contributed by atoms with van der Waals surface area (Å²) in [6.45, 7) is 0. The predicted octanol–water partition coefficient (Wildman–Crippen LogP) is 4.02. The molecule has 0 fully saturated rings. The summed E-state index contributed by atoms with van der Waals surface area (Å²) in [6, 6.07) is 22.9. The van der Waals surface area contributed by atoms with E-state index in [9.17, 15) is 4.79 Å². The molecule has 0 radical (unpaired) electrons. The standard InChI is InChI=1S/C25H25N5OS/c26-30-23(15-19-11-5-9-17-7-1-3-12-20(17)19)28-29-25(30)32-16-24(31)27-22-14-6-10-18-8-2-4-13-21(18)22/h1-5,7-9,11-13,22H,6,10,14-16,26H2,(H,27,31). The zero-order valence-corrected chi connectivity index (χ0v) is 18.5. The van der Waals surface area contributed by atoms with Crippen LogP contribution in [0.4, 0.5) is 0 Å². The molecule has 0 bridgehead atoms. The van der Waals surface area contributed by atoms with Gasteiger partial charge in [0.15, 0.2) is 5.82 Å². The topological polar surface area (TPSA) is 85.8 Å². The lowest BCUT2D eigenvalue weighted by Crippen LogP contribution is -2.32. The molecule has 32 heavy (non-hydrogen) atoms. The summed E-state index contributed by atoms with van der Waals surface area (Å²) in [7, 11) is 0. The van der Waals surface area contributed by atoms with Crippen LogP contribution in [0.25, 0.3) is 10.8 Å². The van der Waals surface area contributed by atoms with Crippen LogP contribution in [0.2, 0.25) is 0 Å². The third kappa shape index (κ3) is 4.21. The Morgan fingerprint density at radius 1 is 1.06 bits per heavy atom. The molecule has 3 aromatic carbocycles. The molecule has 0 aliphatic heterocycles. The highest BCUT2D eigenvalue weighted by Gasteiger charge is 2.22. The van der Waals surface area contributed by atoms with E-state index in [-0.39, 0.29) is 17.7 Å². The molecule has 6 nitrogen and oxygen atoms in total. The molecular weight excluding hydrogens is 418 g/mol. The highest BCUT2D eigenvalue weighted by atomic mass is 32.2. The Hall–Kier alpha value is -3.32. The Bertz CT molecular complexity index is 1260. The molecule has 1 amide bonds. The number of carbonyl (C=O) groups is 1. The van der Waals surface area contributed by atoms with E-state index in [4.69, 9.17) is 5.84 Å². The minimum atomic E-state index is -0.0182. The normalized spacial score (nSPS) is 15.4. The summed E-state index contributed by atoms with van der Waals surface area (Å²) >= 11 is 1.31. The molecule has 5 rings (SSSR count). The molecule has 0 spiro atoms. The van der Waals surface area contributed by atoms with Crippen molar-refractivity contribution in [2.45, 2.75) is 36.9 Å². The third-order valence-corrected chi connectivity index (χ3v) is 6.94. The predicted molar refractivity (Wildman–Crippen MR) is 128 cm³/mol. The number of nitrogen functional groups attached to an aromatic ring is 1. The first-order valence-corrected chi connectivity index (χ1v) is 11.8. The van der Waals surface area contributed by atoms with Gasteiger partial charge in [-0.05, 0) is 46.7 Å². The minimum absolute atomic E-state index is 0.0182. The molecular formula is C25H25N5OS. The highest BCUT2D eigenvalue weighted by Crippen LogP contribution is 2.29. The van der Waals surface area contributed by atoms with E-state index in [1.54, 1.807) is 0 Å². The van der Waals surface area contributed by atoms with Crippen LogP contribution in [0.5, 0.6) is 0 Å². The third-order valence-electron chi connectivity index (χ3n) is 6.00. The Kier molecular flexibility index (Phi) is 5.81. The number of nitrogens with one attached hydrogen (secondary N) is 1. The van der Waals surface area contributed by atoms with E-state index in [1.165, 1.54) is 38.3 Å². The van der Waals surface area contributed by atoms with E-state index in [0.29, 0.717) is 17.4 Å². The number of rotatable bonds is 6. The van der Waals surface area contributed by atoms with Crippen LogP contribution >= 0.6 is 11.8 Å². The average Bonchev–Trinajstić information content (AvgIpc) is 3.17. The fourth-order valence-corrected chi connectivity index (χ4v) is 5.10. The van der Waals surface area contributed by atoms with Crippen molar-refractivity contribution < 1.29 is 4.79 Å². The molecule has 1 atom stereocenters. The molecule has 1 aliphatic rings. The maximum absolute atomic E-state index is 12.6. The van der Waals surface area contributed by atoms with Crippen molar-refractivity contribution in [3.05, 3.63) is 89.2 Å². The SMILES string of the molecule is Nn1c(Cc2cccc3ccccc23)nnc1SCC(=O)NC1CCCc2ccccc21. The minimum Gasteiger partial charge on any atom is -0.349 e. The van der Waals surface area contributed by atoms with Crippen LogP contribution in [0.3, 0.4) is 0 Å². The maximum Gasteiger partial charge on any atom is 0.230 e.